The molecule has 0 bridgehead atoms. The monoisotopic (exact) mass is 383 g/mol. The first-order valence-electron chi connectivity index (χ1n) is 8.27. The van der Waals surface area contributed by atoms with Crippen LogP contribution in [0.15, 0.2) is 24.4 Å². The average Bonchev–Trinajstić information content (AvgIpc) is 3.09. The number of methoxy groups -OCH3 is 1. The minimum atomic E-state index is -4.53. The summed E-state index contributed by atoms with van der Waals surface area (Å²) in [6.07, 6.45) is -3.72. The average molecular weight is 383 g/mol. The van der Waals surface area contributed by atoms with Gasteiger partial charge in [0.2, 0.25) is 0 Å². The first-order valence-corrected chi connectivity index (χ1v) is 8.27. The Morgan fingerprint density at radius 3 is 2.74 bits per heavy atom. The molecule has 0 unspecified atom stereocenters. The van der Waals surface area contributed by atoms with Crippen molar-refractivity contribution >= 4 is 11.8 Å². The predicted molar refractivity (Wildman–Crippen MR) is 87.1 cm³/mol. The highest BCUT2D eigenvalue weighted by atomic mass is 19.4. The number of halogens is 3. The predicted octanol–water partition coefficient (Wildman–Crippen LogP) is 3.10. The Labute approximate surface area is 152 Å². The molecule has 0 saturated heterocycles. The Bertz CT molecular complexity index is 881. The smallest absolute Gasteiger partial charge is 0.410 e. The van der Waals surface area contributed by atoms with E-state index < -0.39 is 24.2 Å². The van der Waals surface area contributed by atoms with Gasteiger partial charge in [-0.05, 0) is 17.7 Å². The molecule has 7 nitrogen and oxygen atoms in total. The van der Waals surface area contributed by atoms with Gasteiger partial charge in [-0.15, -0.1) is 0 Å². The number of benzene rings is 1. The number of carbonyl (C=O) groups excluding carboxylic acids is 1. The Morgan fingerprint density at radius 1 is 1.30 bits per heavy atom. The fraction of sp³-hybridized carbons (Fsp3) is 0.412. The van der Waals surface area contributed by atoms with Gasteiger partial charge in [0.1, 0.15) is 24.6 Å². The number of fused-ring (bicyclic) bond motifs is 2. The molecule has 0 amide bonds. The maximum Gasteiger partial charge on any atom is 0.410 e. The molecule has 2 aliphatic rings. The highest BCUT2D eigenvalue weighted by Crippen LogP contribution is 2.45. The van der Waals surface area contributed by atoms with Crippen LogP contribution in [-0.4, -0.2) is 42.2 Å². The summed E-state index contributed by atoms with van der Waals surface area (Å²) in [5.74, 6) is 0.257. The van der Waals surface area contributed by atoms with Crippen molar-refractivity contribution in [1.82, 2.24) is 9.78 Å². The van der Waals surface area contributed by atoms with Crippen LogP contribution in [0, 0.1) is 0 Å². The van der Waals surface area contributed by atoms with Gasteiger partial charge in [-0.3, -0.25) is 0 Å². The van der Waals surface area contributed by atoms with Crippen LogP contribution in [0.5, 0.6) is 11.5 Å². The Morgan fingerprint density at radius 2 is 2.04 bits per heavy atom. The summed E-state index contributed by atoms with van der Waals surface area (Å²) >= 11 is 0. The molecule has 27 heavy (non-hydrogen) atoms. The van der Waals surface area contributed by atoms with Gasteiger partial charge in [-0.1, -0.05) is 6.07 Å². The van der Waals surface area contributed by atoms with Crippen molar-refractivity contribution in [1.29, 1.82) is 0 Å². The SMILES string of the molecule is COC(=O)c1cnn2c1N[C@H](c1ccc3c(c1)OCCO3)C[C@H]2C(F)(F)F. The minimum Gasteiger partial charge on any atom is -0.486 e. The van der Waals surface area contributed by atoms with E-state index in [9.17, 15) is 18.0 Å². The van der Waals surface area contributed by atoms with Gasteiger partial charge in [0.15, 0.2) is 17.5 Å². The molecule has 3 heterocycles. The van der Waals surface area contributed by atoms with Crippen molar-refractivity contribution in [3.05, 3.63) is 35.5 Å². The molecule has 2 aliphatic heterocycles. The number of carbonyl (C=O) groups is 1. The third kappa shape index (κ3) is 3.04. The number of nitrogens with zero attached hydrogens (tertiary/aromatic N) is 2. The second-order valence-corrected chi connectivity index (χ2v) is 6.24. The van der Waals surface area contributed by atoms with Crippen molar-refractivity contribution in [3.63, 3.8) is 0 Å². The largest absolute Gasteiger partial charge is 0.486 e. The fourth-order valence-electron chi connectivity index (χ4n) is 3.32. The maximum atomic E-state index is 13.6. The van der Waals surface area contributed by atoms with Crippen molar-refractivity contribution in [2.75, 3.05) is 25.6 Å². The summed E-state index contributed by atoms with van der Waals surface area (Å²) in [6, 6.07) is 2.44. The molecule has 144 valence electrons. The number of hydrogen-bond donors (Lipinski definition) is 1. The molecule has 1 aromatic carbocycles. The number of ether oxygens (including phenoxy) is 3. The van der Waals surface area contributed by atoms with Gasteiger partial charge < -0.3 is 19.5 Å². The van der Waals surface area contributed by atoms with Crippen LogP contribution in [0.25, 0.3) is 0 Å². The van der Waals surface area contributed by atoms with Crippen LogP contribution in [0.1, 0.15) is 34.4 Å². The lowest BCUT2D eigenvalue weighted by Gasteiger charge is -2.34. The van der Waals surface area contributed by atoms with Crippen LogP contribution in [-0.2, 0) is 4.74 Å². The van der Waals surface area contributed by atoms with Crippen LogP contribution in [0.4, 0.5) is 19.0 Å². The van der Waals surface area contributed by atoms with E-state index in [2.05, 4.69) is 15.2 Å². The summed E-state index contributed by atoms with van der Waals surface area (Å²) < 4.78 is 57.3. The number of anilines is 1. The van der Waals surface area contributed by atoms with Crippen LogP contribution < -0.4 is 14.8 Å². The summed E-state index contributed by atoms with van der Waals surface area (Å²) in [5, 5.41) is 6.75. The van der Waals surface area contributed by atoms with Crippen LogP contribution in [0.3, 0.4) is 0 Å². The first kappa shape index (κ1) is 17.5. The summed E-state index contributed by atoms with van der Waals surface area (Å²) in [5.41, 5.74) is 0.547. The summed E-state index contributed by atoms with van der Waals surface area (Å²) in [6.45, 7) is 0.796. The molecule has 10 heteroatoms. The first-order chi connectivity index (χ1) is 12.9. The van der Waals surface area contributed by atoms with Crippen molar-refractivity contribution in [2.24, 2.45) is 0 Å². The minimum absolute atomic E-state index is 0.0182. The highest BCUT2D eigenvalue weighted by Gasteiger charge is 2.47. The molecule has 4 rings (SSSR count). The third-order valence-corrected chi connectivity index (χ3v) is 4.61. The highest BCUT2D eigenvalue weighted by molar-refractivity contribution is 5.94. The topological polar surface area (TPSA) is 74.6 Å². The molecule has 0 spiro atoms. The van der Waals surface area contributed by atoms with E-state index in [-0.39, 0.29) is 17.8 Å². The summed E-state index contributed by atoms with van der Waals surface area (Å²) in [7, 11) is 1.16. The standard InChI is InChI=1S/C17H16F3N3O4/c1-25-16(24)10-8-21-23-14(17(18,19)20)7-11(22-15(10)23)9-2-3-12-13(6-9)27-5-4-26-12/h2-3,6,8,11,14,22H,4-5,7H2,1H3/t11-,14-/m0/s1. The van der Waals surface area contributed by atoms with Crippen LogP contribution >= 0.6 is 0 Å². The second kappa shape index (κ2) is 6.36. The van der Waals surface area contributed by atoms with Crippen molar-refractivity contribution < 1.29 is 32.2 Å². The Kier molecular flexibility index (Phi) is 4.12. The number of alkyl halides is 3. The number of aromatic nitrogens is 2. The number of hydrogen-bond acceptors (Lipinski definition) is 6. The number of rotatable bonds is 2. The molecule has 1 N–H and O–H groups in total. The zero-order valence-corrected chi connectivity index (χ0v) is 14.2. The second-order valence-electron chi connectivity index (χ2n) is 6.24. The molecular weight excluding hydrogens is 367 g/mol. The van der Waals surface area contributed by atoms with Crippen LogP contribution in [0.2, 0.25) is 0 Å². The van der Waals surface area contributed by atoms with Crippen molar-refractivity contribution in [3.8, 4) is 11.5 Å². The zero-order valence-electron chi connectivity index (χ0n) is 14.2. The van der Waals surface area contributed by atoms with E-state index in [0.29, 0.717) is 30.3 Å². The maximum absolute atomic E-state index is 13.6. The van der Waals surface area contributed by atoms with Gasteiger partial charge in [0.05, 0.1) is 19.3 Å². The lowest BCUT2D eigenvalue weighted by atomic mass is 9.96. The molecule has 1 aromatic heterocycles. The Hall–Kier alpha value is -2.91. The van der Waals surface area contributed by atoms with Gasteiger partial charge in [0, 0.05) is 6.42 Å². The molecule has 0 saturated carbocycles. The van der Waals surface area contributed by atoms with Gasteiger partial charge in [-0.25, -0.2) is 9.48 Å². The van der Waals surface area contributed by atoms with E-state index in [0.717, 1.165) is 18.0 Å². The zero-order chi connectivity index (χ0) is 19.2. The quantitative estimate of drug-likeness (QED) is 0.804. The molecule has 0 fully saturated rings. The van der Waals surface area contributed by atoms with E-state index in [1.165, 1.54) is 0 Å². The van der Waals surface area contributed by atoms with Gasteiger partial charge >= 0.3 is 12.1 Å². The van der Waals surface area contributed by atoms with Gasteiger partial charge in [0.25, 0.3) is 0 Å². The normalized spacial score (nSPS) is 21.2. The number of nitrogens with one attached hydrogen (secondary N) is 1. The lowest BCUT2D eigenvalue weighted by molar-refractivity contribution is -0.173. The lowest BCUT2D eigenvalue weighted by Crippen LogP contribution is -2.36. The van der Waals surface area contributed by atoms with Crippen molar-refractivity contribution in [2.45, 2.75) is 24.7 Å². The van der Waals surface area contributed by atoms with E-state index in [1.807, 2.05) is 0 Å². The fourth-order valence-corrected chi connectivity index (χ4v) is 3.32. The van der Waals surface area contributed by atoms with E-state index >= 15 is 0 Å². The van der Waals surface area contributed by atoms with E-state index in [4.69, 9.17) is 9.47 Å². The Balaban J connectivity index is 1.74. The third-order valence-electron chi connectivity index (χ3n) is 4.61. The van der Waals surface area contributed by atoms with E-state index in [1.54, 1.807) is 18.2 Å². The summed E-state index contributed by atoms with van der Waals surface area (Å²) in [4.78, 5) is 11.9. The molecule has 0 radical (unpaired) electrons. The van der Waals surface area contributed by atoms with Gasteiger partial charge in [-0.2, -0.15) is 18.3 Å². The molecular formula is C17H16F3N3O4. The molecule has 2 atom stereocenters. The molecule has 2 aromatic rings. The number of esters is 1. The molecule has 0 aliphatic carbocycles.